The van der Waals surface area contributed by atoms with Gasteiger partial charge in [0.1, 0.15) is 0 Å². The van der Waals surface area contributed by atoms with Crippen LogP contribution in [0.15, 0.2) is 12.3 Å². The number of nitrogens with zero attached hydrogens (tertiary/aromatic N) is 1. The lowest BCUT2D eigenvalue weighted by molar-refractivity contribution is 0.155. The third-order valence-corrected chi connectivity index (χ3v) is 1.85. The molecule has 2 N–H and O–H groups in total. The van der Waals surface area contributed by atoms with Crippen molar-refractivity contribution in [3.8, 4) is 0 Å². The first-order chi connectivity index (χ1) is 5.24. The summed E-state index contributed by atoms with van der Waals surface area (Å²) >= 11 is 0. The lowest BCUT2D eigenvalue weighted by Crippen LogP contribution is -2.26. The van der Waals surface area contributed by atoms with Crippen LogP contribution in [0.1, 0.15) is 6.42 Å². The first kappa shape index (κ1) is 7.91. The van der Waals surface area contributed by atoms with Crippen LogP contribution in [0, 0.1) is 5.92 Å². The van der Waals surface area contributed by atoms with Crippen molar-refractivity contribution in [2.45, 2.75) is 6.42 Å². The average Bonchev–Trinajstić information content (AvgIpc) is 2.37. The summed E-state index contributed by atoms with van der Waals surface area (Å²) < 4.78 is 0. The van der Waals surface area contributed by atoms with Gasteiger partial charge in [-0.25, -0.2) is 4.79 Å². The van der Waals surface area contributed by atoms with Crippen LogP contribution in [0.25, 0.3) is 0 Å². The van der Waals surface area contributed by atoms with Gasteiger partial charge in [0.15, 0.2) is 0 Å². The van der Waals surface area contributed by atoms with Gasteiger partial charge in [-0.1, -0.05) is 0 Å². The summed E-state index contributed by atoms with van der Waals surface area (Å²) in [5.41, 5.74) is 0. The molecule has 1 rings (SSSR count). The van der Waals surface area contributed by atoms with Gasteiger partial charge in [0.05, 0.1) is 6.26 Å². The van der Waals surface area contributed by atoms with Crippen molar-refractivity contribution in [1.82, 2.24) is 4.90 Å². The Morgan fingerprint density at radius 3 is 2.82 bits per heavy atom. The Bertz CT molecular complexity index is 179. The van der Waals surface area contributed by atoms with E-state index in [4.69, 9.17) is 10.2 Å². The highest BCUT2D eigenvalue weighted by Gasteiger charge is 2.23. The fourth-order valence-corrected chi connectivity index (χ4v) is 1.24. The molecule has 0 radical (unpaired) electrons. The molecule has 1 aliphatic rings. The number of carboxylic acid groups (broad SMARTS) is 1. The summed E-state index contributed by atoms with van der Waals surface area (Å²) in [6.07, 6.45) is 2.54. The van der Waals surface area contributed by atoms with E-state index in [9.17, 15) is 4.79 Å². The van der Waals surface area contributed by atoms with Crippen molar-refractivity contribution in [3.63, 3.8) is 0 Å². The Kier molecular flexibility index (Phi) is 2.36. The lowest BCUT2D eigenvalue weighted by atomic mass is 10.1. The quantitative estimate of drug-likeness (QED) is 0.559. The molecule has 0 aromatic carbocycles. The van der Waals surface area contributed by atoms with E-state index in [1.165, 1.54) is 4.90 Å². The van der Waals surface area contributed by atoms with Gasteiger partial charge in [-0.15, -0.1) is 0 Å². The number of aliphatic hydroxyl groups excluding tert-OH is 1. The molecule has 1 atom stereocenters. The first-order valence-electron chi connectivity index (χ1n) is 3.53. The van der Waals surface area contributed by atoms with Crippen molar-refractivity contribution in [2.24, 2.45) is 5.92 Å². The number of hydrogen-bond donors (Lipinski definition) is 2. The molecule has 4 nitrogen and oxygen atoms in total. The van der Waals surface area contributed by atoms with Crippen LogP contribution >= 0.6 is 0 Å². The molecule has 4 heteroatoms. The summed E-state index contributed by atoms with van der Waals surface area (Å²) in [6.45, 7) is 1.08. The summed E-state index contributed by atoms with van der Waals surface area (Å²) in [6, 6.07) is 0. The van der Waals surface area contributed by atoms with Crippen LogP contribution in [0.2, 0.25) is 0 Å². The lowest BCUT2D eigenvalue weighted by Gasteiger charge is -2.09. The topological polar surface area (TPSA) is 60.8 Å². The highest BCUT2D eigenvalue weighted by molar-refractivity contribution is 5.65. The molecule has 11 heavy (non-hydrogen) atoms. The number of hydrogen-bond acceptors (Lipinski definition) is 2. The van der Waals surface area contributed by atoms with Crippen LogP contribution in [0.4, 0.5) is 4.79 Å². The Hall–Kier alpha value is -1.19. The van der Waals surface area contributed by atoms with Crippen LogP contribution in [-0.2, 0) is 0 Å². The smallest absolute Gasteiger partial charge is 0.407 e. The summed E-state index contributed by atoms with van der Waals surface area (Å²) in [5, 5.41) is 16.9. The minimum Gasteiger partial charge on any atom is -0.516 e. The molecule has 0 aromatic heterocycles. The Morgan fingerprint density at radius 2 is 2.36 bits per heavy atom. The third-order valence-electron chi connectivity index (χ3n) is 1.85. The maximum absolute atomic E-state index is 10.4. The zero-order valence-electron chi connectivity index (χ0n) is 6.10. The van der Waals surface area contributed by atoms with Crippen LogP contribution in [-0.4, -0.2) is 34.3 Å². The van der Waals surface area contributed by atoms with Gasteiger partial charge >= 0.3 is 6.09 Å². The van der Waals surface area contributed by atoms with Gasteiger partial charge in [-0.3, -0.25) is 0 Å². The van der Waals surface area contributed by atoms with Crippen LogP contribution in [0.3, 0.4) is 0 Å². The molecule has 1 heterocycles. The number of rotatable bonds is 1. The summed E-state index contributed by atoms with van der Waals surface area (Å²) in [7, 11) is 0. The van der Waals surface area contributed by atoms with E-state index in [-0.39, 0.29) is 5.92 Å². The maximum Gasteiger partial charge on any atom is 0.407 e. The van der Waals surface area contributed by atoms with Crippen LogP contribution in [0.5, 0.6) is 0 Å². The average molecular weight is 157 g/mol. The van der Waals surface area contributed by atoms with E-state index < -0.39 is 6.09 Å². The molecule has 0 aliphatic carbocycles. The van der Waals surface area contributed by atoms with E-state index in [0.29, 0.717) is 13.1 Å². The normalized spacial score (nSPS) is 24.7. The van der Waals surface area contributed by atoms with Gasteiger partial charge in [0.25, 0.3) is 0 Å². The third kappa shape index (κ3) is 1.86. The largest absolute Gasteiger partial charge is 0.516 e. The minimum absolute atomic E-state index is 0.191. The van der Waals surface area contributed by atoms with E-state index in [1.54, 1.807) is 6.08 Å². The molecule has 62 valence electrons. The fraction of sp³-hybridized carbons (Fsp3) is 0.571. The van der Waals surface area contributed by atoms with Crippen LogP contribution < -0.4 is 0 Å². The number of likely N-dealkylation sites (tertiary alicyclic amines) is 1. The molecular weight excluding hydrogens is 146 g/mol. The predicted molar refractivity (Wildman–Crippen MR) is 39.5 cm³/mol. The second-order valence-corrected chi connectivity index (χ2v) is 2.62. The Morgan fingerprint density at radius 1 is 1.64 bits per heavy atom. The molecule has 0 aromatic rings. The van der Waals surface area contributed by atoms with Gasteiger partial charge in [0, 0.05) is 13.1 Å². The van der Waals surface area contributed by atoms with E-state index in [2.05, 4.69) is 0 Å². The first-order valence-corrected chi connectivity index (χ1v) is 3.53. The van der Waals surface area contributed by atoms with Crippen molar-refractivity contribution < 1.29 is 15.0 Å². The van der Waals surface area contributed by atoms with Crippen molar-refractivity contribution >= 4 is 6.09 Å². The van der Waals surface area contributed by atoms with Crippen molar-refractivity contribution in [3.05, 3.63) is 12.3 Å². The van der Waals surface area contributed by atoms with E-state index in [0.717, 1.165) is 12.7 Å². The predicted octanol–water partition coefficient (Wildman–Crippen LogP) is 1.06. The zero-order valence-corrected chi connectivity index (χ0v) is 6.10. The monoisotopic (exact) mass is 157 g/mol. The molecule has 0 bridgehead atoms. The number of amides is 1. The molecule has 1 amide bonds. The SMILES string of the molecule is O=C(O)N1CCC(C=CO)C1. The molecule has 1 aliphatic heterocycles. The van der Waals surface area contributed by atoms with Crippen molar-refractivity contribution in [2.75, 3.05) is 13.1 Å². The van der Waals surface area contributed by atoms with Gasteiger partial charge in [-0.05, 0) is 18.4 Å². The summed E-state index contributed by atoms with van der Waals surface area (Å²) in [4.78, 5) is 11.7. The molecule has 1 saturated heterocycles. The molecule has 0 saturated carbocycles. The number of carbonyl (C=O) groups is 1. The molecule has 1 fully saturated rings. The standard InChI is InChI=1S/C7H11NO3/c9-4-2-6-1-3-8(5-6)7(10)11/h2,4,6,9H,1,3,5H2,(H,10,11). The zero-order chi connectivity index (χ0) is 8.27. The minimum atomic E-state index is -0.876. The molecule has 0 spiro atoms. The fourth-order valence-electron chi connectivity index (χ4n) is 1.24. The van der Waals surface area contributed by atoms with Gasteiger partial charge in [-0.2, -0.15) is 0 Å². The second-order valence-electron chi connectivity index (χ2n) is 2.62. The highest BCUT2D eigenvalue weighted by Crippen LogP contribution is 2.16. The van der Waals surface area contributed by atoms with Gasteiger partial charge in [0.2, 0.25) is 0 Å². The molecular formula is C7H11NO3. The summed E-state index contributed by atoms with van der Waals surface area (Å²) in [5.74, 6) is 0.191. The van der Waals surface area contributed by atoms with E-state index in [1.807, 2.05) is 0 Å². The maximum atomic E-state index is 10.4. The van der Waals surface area contributed by atoms with Gasteiger partial charge < -0.3 is 15.1 Å². The highest BCUT2D eigenvalue weighted by atomic mass is 16.4. The van der Waals surface area contributed by atoms with Crippen molar-refractivity contribution in [1.29, 1.82) is 0 Å². The Labute approximate surface area is 64.7 Å². The number of aliphatic hydroxyl groups is 1. The van der Waals surface area contributed by atoms with E-state index >= 15 is 0 Å². The Balaban J connectivity index is 2.40. The second kappa shape index (κ2) is 3.27. The molecule has 1 unspecified atom stereocenters.